The predicted octanol–water partition coefficient (Wildman–Crippen LogP) is 6.48. The molecule has 1 fully saturated rings. The summed E-state index contributed by atoms with van der Waals surface area (Å²) in [7, 11) is 0. The van der Waals surface area contributed by atoms with Crippen molar-refractivity contribution in [3.8, 4) is 0 Å². The highest BCUT2D eigenvalue weighted by Crippen LogP contribution is 2.33. The van der Waals surface area contributed by atoms with Gasteiger partial charge in [-0.05, 0) is 31.1 Å². The van der Waals surface area contributed by atoms with E-state index in [2.05, 4.69) is 13.8 Å². The largest absolute Gasteiger partial charge is 0.393 e. The fourth-order valence-corrected chi connectivity index (χ4v) is 3.88. The quantitative estimate of drug-likeness (QED) is 0.408. The zero-order chi connectivity index (χ0) is 15.3. The minimum Gasteiger partial charge on any atom is -0.393 e. The zero-order valence-electron chi connectivity index (χ0n) is 14.8. The minimum atomic E-state index is -0.00707. The molecule has 126 valence electrons. The Morgan fingerprint density at radius 1 is 0.762 bits per heavy atom. The molecule has 0 aliphatic heterocycles. The monoisotopic (exact) mass is 296 g/mol. The van der Waals surface area contributed by atoms with Gasteiger partial charge in [-0.25, -0.2) is 0 Å². The molecule has 0 aromatic rings. The molecule has 0 bridgehead atoms. The second-order valence-corrected chi connectivity index (χ2v) is 7.37. The second kappa shape index (κ2) is 12.5. The van der Waals surface area contributed by atoms with Crippen molar-refractivity contribution in [2.75, 3.05) is 0 Å². The molecule has 1 nitrogen and oxygen atoms in total. The van der Waals surface area contributed by atoms with Gasteiger partial charge in [0.1, 0.15) is 0 Å². The SMILES string of the molecule is CCCCCCCCCCCC(O)C1CCC(CC)CC1. The summed E-state index contributed by atoms with van der Waals surface area (Å²) in [4.78, 5) is 0. The molecular formula is C20H40O. The molecule has 1 N–H and O–H groups in total. The Balaban J connectivity index is 1.90. The van der Waals surface area contributed by atoms with Crippen molar-refractivity contribution in [1.29, 1.82) is 0 Å². The summed E-state index contributed by atoms with van der Waals surface area (Å²) in [6.45, 7) is 4.59. The van der Waals surface area contributed by atoms with Gasteiger partial charge in [0.05, 0.1) is 6.10 Å². The smallest absolute Gasteiger partial charge is 0.0568 e. The van der Waals surface area contributed by atoms with Gasteiger partial charge in [0.25, 0.3) is 0 Å². The molecule has 0 aromatic carbocycles. The highest BCUT2D eigenvalue weighted by Gasteiger charge is 2.25. The van der Waals surface area contributed by atoms with Crippen molar-refractivity contribution >= 4 is 0 Å². The van der Waals surface area contributed by atoms with Gasteiger partial charge in [-0.1, -0.05) is 90.9 Å². The third-order valence-electron chi connectivity index (χ3n) is 5.62. The van der Waals surface area contributed by atoms with Crippen molar-refractivity contribution in [1.82, 2.24) is 0 Å². The lowest BCUT2D eigenvalue weighted by Gasteiger charge is -2.31. The summed E-state index contributed by atoms with van der Waals surface area (Å²) in [6.07, 6.45) is 20.0. The molecule has 1 saturated carbocycles. The molecule has 21 heavy (non-hydrogen) atoms. The molecule has 0 amide bonds. The van der Waals surface area contributed by atoms with Gasteiger partial charge in [-0.2, -0.15) is 0 Å². The summed E-state index contributed by atoms with van der Waals surface area (Å²) in [6, 6.07) is 0. The summed E-state index contributed by atoms with van der Waals surface area (Å²) >= 11 is 0. The summed E-state index contributed by atoms with van der Waals surface area (Å²) in [5.74, 6) is 1.56. The Bertz CT molecular complexity index is 218. The Morgan fingerprint density at radius 2 is 1.29 bits per heavy atom. The van der Waals surface area contributed by atoms with Crippen LogP contribution in [0.5, 0.6) is 0 Å². The van der Waals surface area contributed by atoms with Gasteiger partial charge in [0.15, 0.2) is 0 Å². The minimum absolute atomic E-state index is 0.00707. The maximum Gasteiger partial charge on any atom is 0.0568 e. The summed E-state index contributed by atoms with van der Waals surface area (Å²) in [5, 5.41) is 10.3. The summed E-state index contributed by atoms with van der Waals surface area (Å²) in [5.41, 5.74) is 0. The molecule has 1 rings (SSSR count). The van der Waals surface area contributed by atoms with Gasteiger partial charge < -0.3 is 5.11 Å². The lowest BCUT2D eigenvalue weighted by Crippen LogP contribution is -2.25. The van der Waals surface area contributed by atoms with E-state index in [1.165, 1.54) is 89.9 Å². The van der Waals surface area contributed by atoms with Crippen LogP contribution in [0.25, 0.3) is 0 Å². The van der Waals surface area contributed by atoms with Crippen LogP contribution in [-0.2, 0) is 0 Å². The topological polar surface area (TPSA) is 20.2 Å². The van der Waals surface area contributed by atoms with E-state index in [1.54, 1.807) is 0 Å². The van der Waals surface area contributed by atoms with Crippen molar-refractivity contribution in [2.24, 2.45) is 11.8 Å². The maximum absolute atomic E-state index is 10.3. The molecule has 1 atom stereocenters. The third-order valence-corrected chi connectivity index (χ3v) is 5.62. The molecule has 0 heterocycles. The van der Waals surface area contributed by atoms with Crippen LogP contribution in [-0.4, -0.2) is 11.2 Å². The van der Waals surface area contributed by atoms with E-state index in [4.69, 9.17) is 0 Å². The number of hydrogen-bond donors (Lipinski definition) is 1. The van der Waals surface area contributed by atoms with Crippen LogP contribution in [0, 0.1) is 11.8 Å². The van der Waals surface area contributed by atoms with Crippen LogP contribution in [0.3, 0.4) is 0 Å². The van der Waals surface area contributed by atoms with Crippen LogP contribution in [0.15, 0.2) is 0 Å². The van der Waals surface area contributed by atoms with Crippen molar-refractivity contribution in [3.63, 3.8) is 0 Å². The highest BCUT2D eigenvalue weighted by molar-refractivity contribution is 4.77. The van der Waals surface area contributed by atoms with Crippen molar-refractivity contribution in [2.45, 2.75) is 116 Å². The van der Waals surface area contributed by atoms with Crippen molar-refractivity contribution < 1.29 is 5.11 Å². The number of unbranched alkanes of at least 4 members (excludes halogenated alkanes) is 8. The van der Waals surface area contributed by atoms with E-state index in [0.29, 0.717) is 5.92 Å². The molecule has 1 heteroatoms. The highest BCUT2D eigenvalue weighted by atomic mass is 16.3. The Kier molecular flexibility index (Phi) is 11.3. The van der Waals surface area contributed by atoms with Gasteiger partial charge in [0.2, 0.25) is 0 Å². The first-order valence-corrected chi connectivity index (χ1v) is 9.96. The second-order valence-electron chi connectivity index (χ2n) is 7.37. The average Bonchev–Trinajstić information content (AvgIpc) is 2.53. The molecule has 1 unspecified atom stereocenters. The van der Waals surface area contributed by atoms with E-state index in [-0.39, 0.29) is 6.10 Å². The van der Waals surface area contributed by atoms with E-state index in [9.17, 15) is 5.11 Å². The van der Waals surface area contributed by atoms with Crippen LogP contribution in [0.2, 0.25) is 0 Å². The van der Waals surface area contributed by atoms with Crippen LogP contribution in [0.4, 0.5) is 0 Å². The third kappa shape index (κ3) is 8.86. The average molecular weight is 297 g/mol. The molecule has 0 aromatic heterocycles. The molecule has 1 aliphatic rings. The van der Waals surface area contributed by atoms with E-state index >= 15 is 0 Å². The van der Waals surface area contributed by atoms with E-state index in [0.717, 1.165) is 12.3 Å². The normalized spacial score (nSPS) is 24.1. The standard InChI is InChI=1S/C20H40O/c1-3-5-6-7-8-9-10-11-12-13-20(21)19-16-14-18(4-2)15-17-19/h18-21H,3-17H2,1-2H3. The first-order chi connectivity index (χ1) is 10.3. The first kappa shape index (κ1) is 19.0. The lowest BCUT2D eigenvalue weighted by atomic mass is 9.77. The van der Waals surface area contributed by atoms with Crippen LogP contribution in [0.1, 0.15) is 110 Å². The fraction of sp³-hybridized carbons (Fsp3) is 1.00. The number of hydrogen-bond acceptors (Lipinski definition) is 1. The molecule has 0 spiro atoms. The lowest BCUT2D eigenvalue weighted by molar-refractivity contribution is 0.0642. The van der Waals surface area contributed by atoms with Gasteiger partial charge >= 0.3 is 0 Å². The Labute approximate surface area is 133 Å². The molecule has 1 aliphatic carbocycles. The summed E-state index contributed by atoms with van der Waals surface area (Å²) < 4.78 is 0. The van der Waals surface area contributed by atoms with Crippen LogP contribution >= 0.6 is 0 Å². The van der Waals surface area contributed by atoms with Gasteiger partial charge in [0, 0.05) is 0 Å². The number of aliphatic hydroxyl groups is 1. The maximum atomic E-state index is 10.3. The fourth-order valence-electron chi connectivity index (χ4n) is 3.88. The molecular weight excluding hydrogens is 256 g/mol. The molecule has 0 radical (unpaired) electrons. The Morgan fingerprint density at radius 3 is 1.81 bits per heavy atom. The van der Waals surface area contributed by atoms with Crippen molar-refractivity contribution in [3.05, 3.63) is 0 Å². The first-order valence-electron chi connectivity index (χ1n) is 9.96. The molecule has 0 saturated heterocycles. The Hall–Kier alpha value is -0.0400. The number of rotatable bonds is 12. The zero-order valence-corrected chi connectivity index (χ0v) is 14.8. The predicted molar refractivity (Wildman–Crippen MR) is 93.6 cm³/mol. The van der Waals surface area contributed by atoms with Gasteiger partial charge in [-0.3, -0.25) is 0 Å². The van der Waals surface area contributed by atoms with E-state index in [1.807, 2.05) is 0 Å². The van der Waals surface area contributed by atoms with Gasteiger partial charge in [-0.15, -0.1) is 0 Å². The number of aliphatic hydroxyl groups excluding tert-OH is 1. The van der Waals surface area contributed by atoms with Crippen LogP contribution < -0.4 is 0 Å². The van der Waals surface area contributed by atoms with E-state index < -0.39 is 0 Å².